The Balaban J connectivity index is 1.90. The Morgan fingerprint density at radius 1 is 1.00 bits per heavy atom. The lowest BCUT2D eigenvalue weighted by atomic mass is 9.54. The molecule has 1 aromatic carbocycles. The van der Waals surface area contributed by atoms with Gasteiger partial charge in [-0.1, -0.05) is 36.4 Å². The average molecular weight is 377 g/mol. The summed E-state index contributed by atoms with van der Waals surface area (Å²) < 4.78 is 0. The van der Waals surface area contributed by atoms with Crippen LogP contribution in [0.2, 0.25) is 0 Å². The third kappa shape index (κ3) is 2.82. The number of aromatic nitrogens is 1. The highest BCUT2D eigenvalue weighted by Gasteiger charge is 2.55. The van der Waals surface area contributed by atoms with Gasteiger partial charge in [0.25, 0.3) is 0 Å². The van der Waals surface area contributed by atoms with E-state index in [1.807, 2.05) is 24.3 Å². The van der Waals surface area contributed by atoms with Gasteiger partial charge in [-0.3, -0.25) is 4.98 Å². The van der Waals surface area contributed by atoms with Gasteiger partial charge in [-0.15, -0.1) is 0 Å². The minimum Gasteiger partial charge on any atom is -0.301 e. The molecule has 3 atom stereocenters. The summed E-state index contributed by atoms with van der Waals surface area (Å²) in [6.45, 7) is 0. The molecule has 29 heavy (non-hydrogen) atoms. The fourth-order valence-electron chi connectivity index (χ4n) is 5.02. The van der Waals surface area contributed by atoms with Gasteiger partial charge in [0.15, 0.2) is 5.41 Å². The van der Waals surface area contributed by atoms with Crippen molar-refractivity contribution in [3.63, 3.8) is 0 Å². The van der Waals surface area contributed by atoms with Crippen LogP contribution in [-0.4, -0.2) is 10.7 Å². The third-order valence-electron chi connectivity index (χ3n) is 6.36. The van der Waals surface area contributed by atoms with Gasteiger partial charge in [0.2, 0.25) is 0 Å². The van der Waals surface area contributed by atoms with Crippen LogP contribution in [0.4, 0.5) is 0 Å². The van der Waals surface area contributed by atoms with Gasteiger partial charge in [0, 0.05) is 18.3 Å². The topological polar surface area (TPSA) is 108 Å². The largest absolute Gasteiger partial charge is 0.301 e. The minimum atomic E-state index is -1.69. The Hall–Kier alpha value is -3.75. The summed E-state index contributed by atoms with van der Waals surface area (Å²) >= 11 is 0. The van der Waals surface area contributed by atoms with Crippen LogP contribution in [0.1, 0.15) is 42.2 Å². The molecule has 5 nitrogen and oxygen atoms in total. The fraction of sp³-hybridized carbons (Fsp3) is 0.292. The molecule has 0 saturated heterocycles. The van der Waals surface area contributed by atoms with Gasteiger partial charge in [0.05, 0.1) is 23.4 Å². The van der Waals surface area contributed by atoms with Crippen LogP contribution in [0.15, 0.2) is 66.0 Å². The smallest absolute Gasteiger partial charge is 0.193 e. The highest BCUT2D eigenvalue weighted by atomic mass is 14.7. The third-order valence-corrected chi connectivity index (χ3v) is 6.36. The summed E-state index contributed by atoms with van der Waals surface area (Å²) in [7, 11) is 0. The van der Waals surface area contributed by atoms with Crippen molar-refractivity contribution in [1.29, 1.82) is 21.2 Å². The molecule has 5 heteroatoms. The molecule has 4 rings (SSSR count). The molecular formula is C24H19N5. The number of fused-ring (bicyclic) bond motifs is 1. The van der Waals surface area contributed by atoms with Gasteiger partial charge in [0.1, 0.15) is 6.07 Å². The lowest BCUT2D eigenvalue weighted by molar-refractivity contribution is 0.299. The Bertz CT molecular complexity index is 1080. The van der Waals surface area contributed by atoms with Crippen LogP contribution in [0.3, 0.4) is 0 Å². The molecule has 0 bridgehead atoms. The van der Waals surface area contributed by atoms with E-state index >= 15 is 0 Å². The molecule has 140 valence electrons. The summed E-state index contributed by atoms with van der Waals surface area (Å²) in [6.07, 6.45) is 5.66. The molecule has 1 saturated carbocycles. The lowest BCUT2D eigenvalue weighted by Crippen LogP contribution is -2.45. The predicted molar refractivity (Wildman–Crippen MR) is 108 cm³/mol. The molecule has 2 aromatic rings. The highest BCUT2D eigenvalue weighted by molar-refractivity contribution is 6.11. The van der Waals surface area contributed by atoms with Crippen molar-refractivity contribution < 1.29 is 0 Å². The standard InChI is InChI=1S/C24H19N5/c25-12-21-19-9-8-17(16-5-2-1-3-6-16)11-20(19)22(18-7-4-10-29-13-18)24(14-26,15-27)23(21)28/h1-7,10,13,17,20,22,28H,8-9,11H2. The second kappa shape index (κ2) is 7.34. The van der Waals surface area contributed by atoms with Crippen LogP contribution in [0.25, 0.3) is 0 Å². The van der Waals surface area contributed by atoms with Crippen LogP contribution < -0.4 is 0 Å². The van der Waals surface area contributed by atoms with E-state index in [1.165, 1.54) is 5.56 Å². The Morgan fingerprint density at radius 2 is 1.72 bits per heavy atom. The van der Waals surface area contributed by atoms with Crippen molar-refractivity contribution in [3.8, 4) is 18.2 Å². The van der Waals surface area contributed by atoms with E-state index in [0.717, 1.165) is 24.0 Å². The molecule has 0 aliphatic heterocycles. The van der Waals surface area contributed by atoms with Gasteiger partial charge in [-0.2, -0.15) is 15.8 Å². The molecule has 2 aliphatic rings. The molecule has 1 N–H and O–H groups in total. The number of pyridine rings is 1. The number of allylic oxidation sites excluding steroid dienone is 2. The zero-order valence-electron chi connectivity index (χ0n) is 15.8. The first-order valence-corrected chi connectivity index (χ1v) is 9.66. The number of nitriles is 3. The average Bonchev–Trinajstić information content (AvgIpc) is 2.79. The van der Waals surface area contributed by atoms with Gasteiger partial charge in [-0.05, 0) is 53.9 Å². The summed E-state index contributed by atoms with van der Waals surface area (Å²) in [4.78, 5) is 4.20. The Labute approximate surface area is 170 Å². The van der Waals surface area contributed by atoms with Gasteiger partial charge in [-0.25, -0.2) is 0 Å². The second-order valence-corrected chi connectivity index (χ2v) is 7.67. The van der Waals surface area contributed by atoms with Crippen molar-refractivity contribution in [2.75, 3.05) is 0 Å². The number of hydrogen-bond acceptors (Lipinski definition) is 5. The maximum atomic E-state index is 10.1. The summed E-state index contributed by atoms with van der Waals surface area (Å²) in [6, 6.07) is 20.3. The monoisotopic (exact) mass is 377 g/mol. The SMILES string of the molecule is N#CC1=C2CCC(c3ccccc3)CC2C(c2cccnc2)C(C#N)(C#N)C1=N. The maximum Gasteiger partial charge on any atom is 0.193 e. The summed E-state index contributed by atoms with van der Waals surface area (Å²) in [5, 5.41) is 38.5. The Kier molecular flexibility index (Phi) is 4.71. The van der Waals surface area contributed by atoms with Crippen molar-refractivity contribution in [2.24, 2.45) is 11.3 Å². The number of rotatable bonds is 2. The number of nitrogens with one attached hydrogen (secondary N) is 1. The first-order chi connectivity index (χ1) is 14.2. The van der Waals surface area contributed by atoms with Crippen molar-refractivity contribution in [3.05, 3.63) is 77.1 Å². The molecule has 0 amide bonds. The van der Waals surface area contributed by atoms with Crippen LogP contribution in [-0.2, 0) is 0 Å². The fourth-order valence-corrected chi connectivity index (χ4v) is 5.02. The van der Waals surface area contributed by atoms with E-state index in [9.17, 15) is 15.8 Å². The molecule has 1 aromatic heterocycles. The van der Waals surface area contributed by atoms with Crippen LogP contribution in [0.5, 0.6) is 0 Å². The zero-order valence-corrected chi connectivity index (χ0v) is 15.8. The quantitative estimate of drug-likeness (QED) is 0.822. The molecule has 1 heterocycles. The highest BCUT2D eigenvalue weighted by Crippen LogP contribution is 2.56. The number of hydrogen-bond donors (Lipinski definition) is 1. The molecule has 3 unspecified atom stereocenters. The number of benzene rings is 1. The van der Waals surface area contributed by atoms with Crippen molar-refractivity contribution >= 4 is 5.71 Å². The normalized spacial score (nSPS) is 25.3. The van der Waals surface area contributed by atoms with Crippen LogP contribution >= 0.6 is 0 Å². The first-order valence-electron chi connectivity index (χ1n) is 9.66. The summed E-state index contributed by atoms with van der Waals surface area (Å²) in [5.41, 5.74) is 1.29. The minimum absolute atomic E-state index is 0.152. The molecule has 1 fully saturated rings. The van der Waals surface area contributed by atoms with Crippen LogP contribution in [0, 0.1) is 50.7 Å². The molecule has 0 spiro atoms. The lowest BCUT2D eigenvalue weighted by Gasteiger charge is -2.45. The van der Waals surface area contributed by atoms with E-state index in [-0.39, 0.29) is 23.1 Å². The van der Waals surface area contributed by atoms with E-state index in [1.54, 1.807) is 18.5 Å². The van der Waals surface area contributed by atoms with Crippen molar-refractivity contribution in [1.82, 2.24) is 4.98 Å². The van der Waals surface area contributed by atoms with Gasteiger partial charge < -0.3 is 5.41 Å². The van der Waals surface area contributed by atoms with E-state index in [2.05, 4.69) is 35.3 Å². The summed E-state index contributed by atoms with van der Waals surface area (Å²) in [5.74, 6) is -0.384. The predicted octanol–water partition coefficient (Wildman–Crippen LogP) is 4.64. The molecule has 0 radical (unpaired) electrons. The van der Waals surface area contributed by atoms with E-state index < -0.39 is 11.3 Å². The van der Waals surface area contributed by atoms with E-state index in [0.29, 0.717) is 6.42 Å². The zero-order chi connectivity index (χ0) is 20.4. The van der Waals surface area contributed by atoms with Gasteiger partial charge >= 0.3 is 0 Å². The van der Waals surface area contributed by atoms with Crippen molar-refractivity contribution in [2.45, 2.75) is 31.1 Å². The van der Waals surface area contributed by atoms with E-state index in [4.69, 9.17) is 5.41 Å². The molecular weight excluding hydrogens is 358 g/mol. The second-order valence-electron chi connectivity index (χ2n) is 7.67. The molecule has 2 aliphatic carbocycles. The number of nitrogens with zero attached hydrogens (tertiary/aromatic N) is 4. The Morgan fingerprint density at radius 3 is 2.34 bits per heavy atom. The first kappa shape index (κ1) is 18.6. The maximum absolute atomic E-state index is 10.1.